The molecular formula is C11H23NO3S. The van der Waals surface area contributed by atoms with Crippen LogP contribution in [0.3, 0.4) is 0 Å². The fraction of sp³-hybridized carbons (Fsp3) is 0.909. The maximum Gasteiger partial charge on any atom is 0.325 e. The third-order valence-corrected chi connectivity index (χ3v) is 3.49. The molecule has 0 aromatic heterocycles. The molecule has 0 saturated carbocycles. The Hall–Kier alpha value is -0.260. The fourth-order valence-electron chi connectivity index (χ4n) is 1.30. The zero-order chi connectivity index (χ0) is 12.4. The predicted molar refractivity (Wildman–Crippen MR) is 67.5 cm³/mol. The number of carbonyl (C=O) groups is 1. The summed E-state index contributed by atoms with van der Waals surface area (Å²) in [6.07, 6.45) is 3.47. The summed E-state index contributed by atoms with van der Waals surface area (Å²) in [6, 6.07) is 0. The van der Waals surface area contributed by atoms with E-state index in [1.807, 2.05) is 11.8 Å². The molecule has 3 N–H and O–H groups in total. The lowest BCUT2D eigenvalue weighted by molar-refractivity contribution is -0.146. The van der Waals surface area contributed by atoms with E-state index in [1.165, 1.54) is 7.11 Å². The Morgan fingerprint density at radius 3 is 2.56 bits per heavy atom. The minimum Gasteiger partial charge on any atom is -0.468 e. The summed E-state index contributed by atoms with van der Waals surface area (Å²) in [5.74, 6) is 1.70. The predicted octanol–water partition coefficient (Wildman–Crippen LogP) is 1.16. The first kappa shape index (κ1) is 15.7. The van der Waals surface area contributed by atoms with Crippen molar-refractivity contribution in [3.05, 3.63) is 0 Å². The molecule has 0 spiro atoms. The molecule has 0 aromatic rings. The Morgan fingerprint density at radius 1 is 1.38 bits per heavy atom. The van der Waals surface area contributed by atoms with Gasteiger partial charge in [0.2, 0.25) is 0 Å². The smallest absolute Gasteiger partial charge is 0.325 e. The molecule has 0 bridgehead atoms. The van der Waals surface area contributed by atoms with E-state index in [1.54, 1.807) is 6.92 Å². The van der Waals surface area contributed by atoms with Crippen LogP contribution in [0.4, 0.5) is 0 Å². The van der Waals surface area contributed by atoms with Crippen LogP contribution in [0, 0.1) is 0 Å². The lowest BCUT2D eigenvalue weighted by Crippen LogP contribution is -2.45. The van der Waals surface area contributed by atoms with E-state index in [9.17, 15) is 4.79 Å². The lowest BCUT2D eigenvalue weighted by Gasteiger charge is -2.20. The Morgan fingerprint density at radius 2 is 2.00 bits per heavy atom. The molecule has 0 aliphatic carbocycles. The van der Waals surface area contributed by atoms with Crippen LogP contribution in [-0.4, -0.2) is 41.8 Å². The maximum absolute atomic E-state index is 11.3. The largest absolute Gasteiger partial charge is 0.468 e. The fourth-order valence-corrected chi connectivity index (χ4v) is 2.25. The van der Waals surface area contributed by atoms with E-state index in [4.69, 9.17) is 10.8 Å². The number of carbonyl (C=O) groups excluding carboxylic acids is 1. The van der Waals surface area contributed by atoms with Crippen LogP contribution < -0.4 is 5.73 Å². The zero-order valence-electron chi connectivity index (χ0n) is 10.2. The third-order valence-electron chi connectivity index (χ3n) is 2.33. The Labute approximate surface area is 102 Å². The maximum atomic E-state index is 11.3. The van der Waals surface area contributed by atoms with Crippen molar-refractivity contribution < 1.29 is 14.6 Å². The second kappa shape index (κ2) is 8.84. The van der Waals surface area contributed by atoms with Crippen LogP contribution in [0.1, 0.15) is 32.6 Å². The quantitative estimate of drug-likeness (QED) is 0.474. The van der Waals surface area contributed by atoms with Crippen LogP contribution in [0.25, 0.3) is 0 Å². The van der Waals surface area contributed by atoms with Crippen molar-refractivity contribution in [1.82, 2.24) is 0 Å². The zero-order valence-corrected chi connectivity index (χ0v) is 11.0. The first-order chi connectivity index (χ1) is 7.54. The summed E-state index contributed by atoms with van der Waals surface area (Å²) in [7, 11) is 1.36. The summed E-state index contributed by atoms with van der Waals surface area (Å²) in [4.78, 5) is 11.3. The van der Waals surface area contributed by atoms with Crippen LogP contribution in [0.5, 0.6) is 0 Å². The number of aliphatic hydroxyl groups is 1. The van der Waals surface area contributed by atoms with Crippen molar-refractivity contribution >= 4 is 17.7 Å². The number of hydrogen-bond donors (Lipinski definition) is 2. The molecule has 0 aliphatic rings. The Bertz CT molecular complexity index is 198. The van der Waals surface area contributed by atoms with Gasteiger partial charge in [0.25, 0.3) is 0 Å². The monoisotopic (exact) mass is 249 g/mol. The highest BCUT2D eigenvalue weighted by Crippen LogP contribution is 2.14. The first-order valence-corrected chi connectivity index (χ1v) is 6.76. The van der Waals surface area contributed by atoms with Crippen LogP contribution >= 0.6 is 11.8 Å². The number of esters is 1. The van der Waals surface area contributed by atoms with Crippen LogP contribution in [0.15, 0.2) is 0 Å². The molecule has 0 aromatic carbocycles. The van der Waals surface area contributed by atoms with Crippen molar-refractivity contribution in [2.24, 2.45) is 5.73 Å². The molecule has 0 rings (SSSR count). The number of rotatable bonds is 9. The molecular weight excluding hydrogens is 226 g/mol. The molecule has 1 unspecified atom stereocenters. The van der Waals surface area contributed by atoms with Gasteiger partial charge in [-0.2, -0.15) is 11.8 Å². The van der Waals surface area contributed by atoms with E-state index in [2.05, 4.69) is 4.74 Å². The van der Waals surface area contributed by atoms with Gasteiger partial charge < -0.3 is 15.6 Å². The molecule has 96 valence electrons. The summed E-state index contributed by atoms with van der Waals surface area (Å²) in [5.41, 5.74) is 4.96. The molecule has 0 saturated heterocycles. The van der Waals surface area contributed by atoms with E-state index in [-0.39, 0.29) is 12.6 Å². The van der Waals surface area contributed by atoms with Crippen LogP contribution in [0.2, 0.25) is 0 Å². The summed E-state index contributed by atoms with van der Waals surface area (Å²) in [6.45, 7) is 1.97. The van der Waals surface area contributed by atoms with E-state index in [0.29, 0.717) is 6.42 Å². The third kappa shape index (κ3) is 7.09. The SMILES string of the molecule is COC(=O)C(C)(N)CCCCSCCCO. The topological polar surface area (TPSA) is 72.5 Å². The number of ether oxygens (including phenoxy) is 1. The Balaban J connectivity index is 3.47. The summed E-state index contributed by atoms with van der Waals surface area (Å²) < 4.78 is 4.63. The molecule has 1 atom stereocenters. The minimum absolute atomic E-state index is 0.260. The molecule has 0 amide bonds. The second-order valence-electron chi connectivity index (χ2n) is 4.06. The number of aliphatic hydroxyl groups excluding tert-OH is 1. The van der Waals surface area contributed by atoms with Gasteiger partial charge in [-0.25, -0.2) is 0 Å². The number of thioether (sulfide) groups is 1. The van der Waals surface area contributed by atoms with E-state index < -0.39 is 5.54 Å². The van der Waals surface area contributed by atoms with Crippen LogP contribution in [-0.2, 0) is 9.53 Å². The van der Waals surface area contributed by atoms with Crippen molar-refractivity contribution in [2.75, 3.05) is 25.2 Å². The molecule has 4 nitrogen and oxygen atoms in total. The van der Waals surface area contributed by atoms with E-state index >= 15 is 0 Å². The number of hydrogen-bond acceptors (Lipinski definition) is 5. The van der Waals surface area contributed by atoms with Gasteiger partial charge in [-0.1, -0.05) is 6.42 Å². The summed E-state index contributed by atoms with van der Waals surface area (Å²) >= 11 is 1.83. The van der Waals surface area contributed by atoms with Gasteiger partial charge in [-0.15, -0.1) is 0 Å². The normalized spacial score (nSPS) is 14.5. The van der Waals surface area contributed by atoms with Crippen molar-refractivity contribution in [3.63, 3.8) is 0 Å². The lowest BCUT2D eigenvalue weighted by atomic mass is 9.97. The number of methoxy groups -OCH3 is 1. The molecule has 5 heteroatoms. The highest BCUT2D eigenvalue weighted by Gasteiger charge is 2.28. The first-order valence-electron chi connectivity index (χ1n) is 5.60. The summed E-state index contributed by atoms with van der Waals surface area (Å²) in [5, 5.41) is 8.58. The van der Waals surface area contributed by atoms with Crippen molar-refractivity contribution in [3.8, 4) is 0 Å². The van der Waals surface area contributed by atoms with Crippen molar-refractivity contribution in [1.29, 1.82) is 0 Å². The van der Waals surface area contributed by atoms with Gasteiger partial charge in [-0.3, -0.25) is 4.79 Å². The molecule has 0 radical (unpaired) electrons. The second-order valence-corrected chi connectivity index (χ2v) is 5.28. The van der Waals surface area contributed by atoms with Gasteiger partial charge in [-0.05, 0) is 37.7 Å². The molecule has 0 heterocycles. The van der Waals surface area contributed by atoms with E-state index in [0.717, 1.165) is 30.8 Å². The van der Waals surface area contributed by atoms with Gasteiger partial charge in [0.05, 0.1) is 7.11 Å². The minimum atomic E-state index is -0.857. The number of unbranched alkanes of at least 4 members (excludes halogenated alkanes) is 1. The average Bonchev–Trinajstić information content (AvgIpc) is 2.26. The van der Waals surface area contributed by atoms with Crippen molar-refractivity contribution in [2.45, 2.75) is 38.1 Å². The highest BCUT2D eigenvalue weighted by molar-refractivity contribution is 7.99. The highest BCUT2D eigenvalue weighted by atomic mass is 32.2. The van der Waals surface area contributed by atoms with Gasteiger partial charge in [0, 0.05) is 6.61 Å². The molecule has 0 aliphatic heterocycles. The number of nitrogens with two attached hydrogens (primary N) is 1. The van der Waals surface area contributed by atoms with Gasteiger partial charge in [0.1, 0.15) is 5.54 Å². The molecule has 16 heavy (non-hydrogen) atoms. The average molecular weight is 249 g/mol. The Kier molecular flexibility index (Phi) is 8.70. The standard InChI is InChI=1S/C11H23NO3S/c1-11(12,10(14)15-2)6-3-4-8-16-9-5-7-13/h13H,3-9,12H2,1-2H3. The van der Waals surface area contributed by atoms with Gasteiger partial charge in [0.15, 0.2) is 0 Å². The molecule has 0 fully saturated rings. The van der Waals surface area contributed by atoms with Gasteiger partial charge >= 0.3 is 5.97 Å².